The Morgan fingerprint density at radius 1 is 1.00 bits per heavy atom. The second-order valence-electron chi connectivity index (χ2n) is 4.86. The Balaban J connectivity index is 1.95. The van der Waals surface area contributed by atoms with Crippen molar-refractivity contribution in [3.05, 3.63) is 84.6 Å². The predicted octanol–water partition coefficient (Wildman–Crippen LogP) is 2.54. The molecule has 2 heterocycles. The molecule has 0 N–H and O–H groups in total. The van der Waals surface area contributed by atoms with E-state index in [4.69, 9.17) is 0 Å². The topological polar surface area (TPSA) is 32.9 Å². The lowest BCUT2D eigenvalue weighted by molar-refractivity contribution is -0.686. The lowest BCUT2D eigenvalue weighted by Gasteiger charge is -2.16. The summed E-state index contributed by atoms with van der Waals surface area (Å²) in [5.74, 6) is 0.814. The molecule has 1 aromatic carbocycles. The normalized spacial score (nSPS) is 10.3. The summed E-state index contributed by atoms with van der Waals surface area (Å²) in [6.45, 7) is 2.82. The first-order valence-corrected chi connectivity index (χ1v) is 6.88. The molecule has 0 spiro atoms. The molecule has 0 aliphatic rings. The standard InChI is InChI=1S/C17H17N4/c1-15-5-7-16(8-6-15)14-21(17-13-18-9-10-19-17)20-11-3-2-4-12-20/h2-13H,14H2,1H3/q+1. The third-order valence-corrected chi connectivity index (χ3v) is 3.25. The van der Waals surface area contributed by atoms with Crippen molar-refractivity contribution in [3.8, 4) is 0 Å². The quantitative estimate of drug-likeness (QED) is 0.687. The van der Waals surface area contributed by atoms with E-state index in [1.165, 1.54) is 11.1 Å². The molecule has 104 valence electrons. The minimum atomic E-state index is 0.730. The van der Waals surface area contributed by atoms with Crippen molar-refractivity contribution in [2.75, 3.05) is 5.01 Å². The highest BCUT2D eigenvalue weighted by Gasteiger charge is 2.17. The van der Waals surface area contributed by atoms with E-state index in [9.17, 15) is 0 Å². The highest BCUT2D eigenvalue weighted by Crippen LogP contribution is 2.11. The van der Waals surface area contributed by atoms with Crippen LogP contribution >= 0.6 is 0 Å². The number of aromatic nitrogens is 3. The van der Waals surface area contributed by atoms with E-state index in [-0.39, 0.29) is 0 Å². The van der Waals surface area contributed by atoms with Crippen LogP contribution < -0.4 is 9.69 Å². The zero-order chi connectivity index (χ0) is 14.5. The number of benzene rings is 1. The van der Waals surface area contributed by atoms with Crippen molar-refractivity contribution in [2.24, 2.45) is 0 Å². The maximum Gasteiger partial charge on any atom is 0.207 e. The molecule has 4 nitrogen and oxygen atoms in total. The lowest BCUT2D eigenvalue weighted by atomic mass is 10.1. The van der Waals surface area contributed by atoms with Gasteiger partial charge >= 0.3 is 0 Å². The summed E-state index contributed by atoms with van der Waals surface area (Å²) >= 11 is 0. The molecule has 0 saturated carbocycles. The summed E-state index contributed by atoms with van der Waals surface area (Å²) in [5, 5.41) is 2.08. The van der Waals surface area contributed by atoms with Crippen molar-refractivity contribution in [3.63, 3.8) is 0 Å². The van der Waals surface area contributed by atoms with E-state index < -0.39 is 0 Å². The minimum absolute atomic E-state index is 0.730. The van der Waals surface area contributed by atoms with Gasteiger partial charge in [-0.15, -0.1) is 5.01 Å². The zero-order valence-electron chi connectivity index (χ0n) is 11.9. The largest absolute Gasteiger partial charge is 0.259 e. The Hall–Kier alpha value is -2.75. The fourth-order valence-corrected chi connectivity index (χ4v) is 2.12. The van der Waals surface area contributed by atoms with Gasteiger partial charge < -0.3 is 0 Å². The van der Waals surface area contributed by atoms with Crippen LogP contribution in [0.2, 0.25) is 0 Å². The molecule has 2 aromatic heterocycles. The first-order chi connectivity index (χ1) is 10.3. The molecule has 0 aliphatic carbocycles. The Kier molecular flexibility index (Phi) is 3.87. The van der Waals surface area contributed by atoms with Crippen LogP contribution in [0.5, 0.6) is 0 Å². The van der Waals surface area contributed by atoms with Crippen molar-refractivity contribution >= 4 is 5.82 Å². The zero-order valence-corrected chi connectivity index (χ0v) is 11.9. The van der Waals surface area contributed by atoms with E-state index in [1.807, 2.05) is 35.3 Å². The van der Waals surface area contributed by atoms with Gasteiger partial charge in [-0.25, -0.2) is 4.98 Å². The van der Waals surface area contributed by atoms with Gasteiger partial charge in [0.2, 0.25) is 5.82 Å². The second-order valence-corrected chi connectivity index (χ2v) is 4.86. The van der Waals surface area contributed by atoms with Gasteiger partial charge in [0.15, 0.2) is 12.4 Å². The monoisotopic (exact) mass is 277 g/mol. The van der Waals surface area contributed by atoms with Crippen LogP contribution in [0.4, 0.5) is 5.82 Å². The van der Waals surface area contributed by atoms with E-state index in [0.29, 0.717) is 0 Å². The summed E-state index contributed by atoms with van der Waals surface area (Å²) in [5.41, 5.74) is 2.49. The summed E-state index contributed by atoms with van der Waals surface area (Å²) in [6, 6.07) is 14.5. The third kappa shape index (κ3) is 3.23. The maximum atomic E-state index is 4.41. The van der Waals surface area contributed by atoms with Crippen LogP contribution in [0.3, 0.4) is 0 Å². The molecule has 4 heteroatoms. The fourth-order valence-electron chi connectivity index (χ4n) is 2.12. The lowest BCUT2D eigenvalue weighted by Crippen LogP contribution is -2.53. The summed E-state index contributed by atoms with van der Waals surface area (Å²) in [7, 11) is 0. The number of nitrogens with zero attached hydrogens (tertiary/aromatic N) is 4. The van der Waals surface area contributed by atoms with Crippen LogP contribution in [0, 0.1) is 6.92 Å². The number of hydrogen-bond donors (Lipinski definition) is 0. The Labute approximate surface area is 124 Å². The van der Waals surface area contributed by atoms with Crippen LogP contribution in [0.25, 0.3) is 0 Å². The molecule has 0 fully saturated rings. The number of anilines is 1. The van der Waals surface area contributed by atoms with Crippen LogP contribution in [0.1, 0.15) is 11.1 Å². The first kappa shape index (κ1) is 13.2. The minimum Gasteiger partial charge on any atom is -0.259 e. The smallest absolute Gasteiger partial charge is 0.207 e. The second kappa shape index (κ2) is 6.13. The third-order valence-electron chi connectivity index (χ3n) is 3.25. The molecule has 3 aromatic rings. The van der Waals surface area contributed by atoms with Gasteiger partial charge in [-0.1, -0.05) is 40.6 Å². The highest BCUT2D eigenvalue weighted by molar-refractivity contribution is 5.33. The van der Waals surface area contributed by atoms with E-state index in [1.54, 1.807) is 18.6 Å². The molecule has 0 atom stereocenters. The van der Waals surface area contributed by atoms with Gasteiger partial charge in [-0.3, -0.25) is 4.98 Å². The Bertz CT molecular complexity index is 642. The first-order valence-electron chi connectivity index (χ1n) is 6.88. The molecule has 0 bridgehead atoms. The van der Waals surface area contributed by atoms with Crippen molar-refractivity contribution in [1.29, 1.82) is 0 Å². The summed E-state index contributed by atoms with van der Waals surface area (Å²) in [4.78, 5) is 8.58. The Morgan fingerprint density at radius 3 is 2.43 bits per heavy atom. The van der Waals surface area contributed by atoms with Crippen LogP contribution in [-0.2, 0) is 6.54 Å². The van der Waals surface area contributed by atoms with Gasteiger partial charge in [-0.2, -0.15) is 0 Å². The molecule has 0 radical (unpaired) electrons. The SMILES string of the molecule is Cc1ccc(CN(c2cnccn2)[n+]2ccccc2)cc1. The van der Waals surface area contributed by atoms with E-state index >= 15 is 0 Å². The Morgan fingerprint density at radius 2 is 1.76 bits per heavy atom. The number of pyridine rings is 1. The highest BCUT2D eigenvalue weighted by atomic mass is 15.6. The van der Waals surface area contributed by atoms with Gasteiger partial charge in [0.05, 0.1) is 6.20 Å². The van der Waals surface area contributed by atoms with Gasteiger partial charge in [0.1, 0.15) is 6.54 Å². The van der Waals surface area contributed by atoms with Gasteiger partial charge in [0, 0.05) is 24.5 Å². The predicted molar refractivity (Wildman–Crippen MR) is 81.4 cm³/mol. The molecule has 0 aliphatic heterocycles. The fraction of sp³-hybridized carbons (Fsp3) is 0.118. The van der Waals surface area contributed by atoms with Crippen LogP contribution in [-0.4, -0.2) is 9.97 Å². The number of aryl methyl sites for hydroxylation is 1. The molecule has 21 heavy (non-hydrogen) atoms. The molecule has 3 rings (SSSR count). The maximum absolute atomic E-state index is 4.41. The van der Waals surface area contributed by atoms with Gasteiger partial charge in [-0.05, 0) is 12.5 Å². The molecule has 0 amide bonds. The van der Waals surface area contributed by atoms with Gasteiger partial charge in [0.25, 0.3) is 0 Å². The van der Waals surface area contributed by atoms with Crippen molar-refractivity contribution in [2.45, 2.75) is 13.5 Å². The van der Waals surface area contributed by atoms with Crippen LogP contribution in [0.15, 0.2) is 73.4 Å². The summed E-state index contributed by atoms with van der Waals surface area (Å²) < 4.78 is 2.02. The molecule has 0 saturated heterocycles. The molecular formula is C17H17N4+. The average molecular weight is 277 g/mol. The number of rotatable bonds is 4. The van der Waals surface area contributed by atoms with E-state index in [2.05, 4.69) is 46.2 Å². The summed E-state index contributed by atoms with van der Waals surface area (Å²) in [6.07, 6.45) is 9.17. The van der Waals surface area contributed by atoms with E-state index in [0.717, 1.165) is 12.4 Å². The number of hydrogen-bond acceptors (Lipinski definition) is 3. The van der Waals surface area contributed by atoms with Crippen molar-refractivity contribution in [1.82, 2.24) is 9.97 Å². The molecular weight excluding hydrogens is 260 g/mol. The average Bonchev–Trinajstić information content (AvgIpc) is 2.56. The molecule has 0 unspecified atom stereocenters. The van der Waals surface area contributed by atoms with Crippen molar-refractivity contribution < 1.29 is 4.68 Å².